The highest BCUT2D eigenvalue weighted by atomic mass is 16.2. The first kappa shape index (κ1) is 14.9. The second-order valence-electron chi connectivity index (χ2n) is 4.88. The third kappa shape index (κ3) is 4.26. The summed E-state index contributed by atoms with van der Waals surface area (Å²) in [4.78, 5) is 25.0. The summed E-state index contributed by atoms with van der Waals surface area (Å²) in [5, 5.41) is 2.90. The number of rotatable bonds is 6. The molecule has 0 aromatic carbocycles. The van der Waals surface area contributed by atoms with E-state index >= 15 is 0 Å². The van der Waals surface area contributed by atoms with E-state index in [1.807, 2.05) is 4.90 Å². The van der Waals surface area contributed by atoms with Crippen molar-refractivity contribution in [3.8, 4) is 0 Å². The summed E-state index contributed by atoms with van der Waals surface area (Å²) in [6, 6.07) is 0.181. The van der Waals surface area contributed by atoms with Crippen molar-refractivity contribution in [1.82, 2.24) is 10.2 Å². The molecule has 18 heavy (non-hydrogen) atoms. The molecule has 0 radical (unpaired) electrons. The van der Waals surface area contributed by atoms with Crippen LogP contribution in [0.25, 0.3) is 0 Å². The molecule has 1 aliphatic heterocycles. The van der Waals surface area contributed by atoms with Crippen LogP contribution in [0.4, 0.5) is 0 Å². The van der Waals surface area contributed by atoms with Crippen LogP contribution in [0.15, 0.2) is 11.6 Å². The molecule has 0 aliphatic carbocycles. The van der Waals surface area contributed by atoms with Gasteiger partial charge in [-0.1, -0.05) is 18.6 Å². The molecule has 1 aliphatic rings. The molecule has 1 N–H and O–H groups in total. The predicted octanol–water partition coefficient (Wildman–Crippen LogP) is 1.51. The first-order valence-corrected chi connectivity index (χ1v) is 6.71. The first-order valence-electron chi connectivity index (χ1n) is 6.71. The van der Waals surface area contributed by atoms with Gasteiger partial charge in [0.15, 0.2) is 0 Å². The van der Waals surface area contributed by atoms with E-state index in [1.54, 1.807) is 14.0 Å². The molecule has 0 aromatic heterocycles. The Bertz CT molecular complexity index is 337. The van der Waals surface area contributed by atoms with Gasteiger partial charge in [0, 0.05) is 13.0 Å². The van der Waals surface area contributed by atoms with Crippen LogP contribution in [0.5, 0.6) is 0 Å². The smallest absolute Gasteiger partial charge is 0.237 e. The van der Waals surface area contributed by atoms with Gasteiger partial charge < -0.3 is 10.2 Å². The highest BCUT2D eigenvalue weighted by Crippen LogP contribution is 2.21. The molecule has 1 saturated heterocycles. The van der Waals surface area contributed by atoms with E-state index in [-0.39, 0.29) is 17.7 Å². The fourth-order valence-electron chi connectivity index (χ4n) is 2.42. The molecule has 1 atom stereocenters. The number of likely N-dealkylation sites (tertiary alicyclic amines) is 1. The summed E-state index contributed by atoms with van der Waals surface area (Å²) in [6.45, 7) is 4.89. The van der Waals surface area contributed by atoms with Gasteiger partial charge in [-0.15, -0.1) is 0 Å². The Morgan fingerprint density at radius 2 is 2.17 bits per heavy atom. The lowest BCUT2D eigenvalue weighted by atomic mass is 10.0. The Kier molecular flexibility index (Phi) is 6.05. The van der Waals surface area contributed by atoms with Crippen LogP contribution >= 0.6 is 0 Å². The molecular weight excluding hydrogens is 228 g/mol. The van der Waals surface area contributed by atoms with Gasteiger partial charge in [0.2, 0.25) is 5.91 Å². The second kappa shape index (κ2) is 7.31. The second-order valence-corrected chi connectivity index (χ2v) is 4.88. The van der Waals surface area contributed by atoms with E-state index < -0.39 is 0 Å². The van der Waals surface area contributed by atoms with E-state index in [9.17, 15) is 9.59 Å². The molecule has 0 saturated carbocycles. The van der Waals surface area contributed by atoms with Gasteiger partial charge in [0.25, 0.3) is 0 Å². The van der Waals surface area contributed by atoms with Gasteiger partial charge in [-0.05, 0) is 33.2 Å². The summed E-state index contributed by atoms with van der Waals surface area (Å²) in [5.41, 5.74) is 1.15. The number of carbonyl (C=O) groups excluding carboxylic acids is 2. The lowest BCUT2D eigenvalue weighted by Gasteiger charge is -2.23. The summed E-state index contributed by atoms with van der Waals surface area (Å²) < 4.78 is 0. The number of hydrogen-bond donors (Lipinski definition) is 1. The van der Waals surface area contributed by atoms with Crippen molar-refractivity contribution in [2.24, 2.45) is 0 Å². The van der Waals surface area contributed by atoms with Crippen LogP contribution in [-0.4, -0.2) is 42.8 Å². The van der Waals surface area contributed by atoms with Gasteiger partial charge >= 0.3 is 0 Å². The molecule has 0 spiro atoms. The van der Waals surface area contributed by atoms with Gasteiger partial charge in [-0.2, -0.15) is 0 Å². The predicted molar refractivity (Wildman–Crippen MR) is 72.3 cm³/mol. The number of amides is 1. The quantitative estimate of drug-likeness (QED) is 0.729. The number of ketones is 1. The number of carbonyl (C=O) groups is 2. The lowest BCUT2D eigenvalue weighted by Crippen LogP contribution is -2.39. The highest BCUT2D eigenvalue weighted by Gasteiger charge is 2.26. The molecule has 4 nitrogen and oxygen atoms in total. The lowest BCUT2D eigenvalue weighted by molar-refractivity contribution is -0.130. The molecule has 1 rings (SSSR count). The van der Waals surface area contributed by atoms with Crippen molar-refractivity contribution in [3.63, 3.8) is 0 Å². The molecule has 0 aromatic rings. The third-order valence-corrected chi connectivity index (χ3v) is 3.31. The number of Topliss-reactive ketones (excluding diaryl/α,β-unsaturated/α-hetero) is 1. The Hall–Kier alpha value is -1.16. The van der Waals surface area contributed by atoms with E-state index in [1.165, 1.54) is 0 Å². The zero-order valence-electron chi connectivity index (χ0n) is 11.7. The zero-order chi connectivity index (χ0) is 13.5. The van der Waals surface area contributed by atoms with Gasteiger partial charge in [-0.3, -0.25) is 9.59 Å². The fraction of sp³-hybridized carbons (Fsp3) is 0.714. The van der Waals surface area contributed by atoms with Crippen LogP contribution in [-0.2, 0) is 9.59 Å². The average Bonchev–Trinajstić information content (AvgIpc) is 2.76. The minimum atomic E-state index is 0.148. The summed E-state index contributed by atoms with van der Waals surface area (Å²) in [7, 11) is 1.78. The maximum Gasteiger partial charge on any atom is 0.237 e. The van der Waals surface area contributed by atoms with Gasteiger partial charge in [0.1, 0.15) is 5.78 Å². The number of hydrogen-bond acceptors (Lipinski definition) is 3. The molecule has 1 amide bonds. The topological polar surface area (TPSA) is 49.4 Å². The third-order valence-electron chi connectivity index (χ3n) is 3.31. The van der Waals surface area contributed by atoms with Crippen LogP contribution in [0.3, 0.4) is 0 Å². The molecule has 4 heteroatoms. The number of likely N-dealkylation sites (N-methyl/N-ethyl adjacent to an activating group) is 1. The number of allylic oxidation sites excluding steroid dienone is 1. The normalized spacial score (nSPS) is 20.3. The molecular formula is C14H24N2O2. The van der Waals surface area contributed by atoms with Crippen LogP contribution < -0.4 is 5.32 Å². The Labute approximate surface area is 109 Å². The first-order chi connectivity index (χ1) is 8.58. The van der Waals surface area contributed by atoms with Gasteiger partial charge in [-0.25, -0.2) is 0 Å². The molecule has 0 unspecified atom stereocenters. The van der Waals surface area contributed by atoms with Crippen molar-refractivity contribution in [1.29, 1.82) is 0 Å². The largest absolute Gasteiger partial charge is 0.335 e. The Morgan fingerprint density at radius 1 is 1.44 bits per heavy atom. The number of nitrogens with one attached hydrogen (secondary N) is 1. The zero-order valence-corrected chi connectivity index (χ0v) is 11.7. The monoisotopic (exact) mass is 252 g/mol. The maximum atomic E-state index is 11.9. The summed E-state index contributed by atoms with van der Waals surface area (Å²) in [5.74, 6) is 0.337. The van der Waals surface area contributed by atoms with Crippen molar-refractivity contribution in [2.75, 3.05) is 20.1 Å². The van der Waals surface area contributed by atoms with Crippen LogP contribution in [0.2, 0.25) is 0 Å². The molecule has 1 heterocycles. The minimum Gasteiger partial charge on any atom is -0.335 e. The Balaban J connectivity index is 2.70. The molecule has 1 fully saturated rings. The summed E-state index contributed by atoms with van der Waals surface area (Å²) >= 11 is 0. The standard InChI is InChI=1S/C14H24N2O2/c1-4-12(8-11(2)17)9-13-6-5-7-16(13)14(18)10-15-3/h9,13,15H,4-8,10H2,1-3H3/b12-9+/t13-/m1/s1. The molecule has 0 bridgehead atoms. The Morgan fingerprint density at radius 3 is 2.72 bits per heavy atom. The molecule has 102 valence electrons. The maximum absolute atomic E-state index is 11.9. The van der Waals surface area contributed by atoms with E-state index in [2.05, 4.69) is 18.3 Å². The van der Waals surface area contributed by atoms with Crippen LogP contribution in [0.1, 0.15) is 39.5 Å². The van der Waals surface area contributed by atoms with Crippen molar-refractivity contribution in [2.45, 2.75) is 45.6 Å². The number of nitrogens with zero attached hydrogens (tertiary/aromatic N) is 1. The minimum absolute atomic E-state index is 0.148. The van der Waals surface area contributed by atoms with E-state index in [0.29, 0.717) is 13.0 Å². The summed E-state index contributed by atoms with van der Waals surface area (Å²) in [6.07, 6.45) is 5.58. The SMILES string of the molecule is CC/C(=C\[C@H]1CCCN1C(=O)CNC)CC(C)=O. The van der Waals surface area contributed by atoms with Gasteiger partial charge in [0.05, 0.1) is 12.6 Å². The average molecular weight is 252 g/mol. The van der Waals surface area contributed by atoms with Crippen LogP contribution in [0, 0.1) is 0 Å². The highest BCUT2D eigenvalue weighted by molar-refractivity contribution is 5.79. The fourth-order valence-corrected chi connectivity index (χ4v) is 2.42. The van der Waals surface area contributed by atoms with E-state index in [4.69, 9.17) is 0 Å². The van der Waals surface area contributed by atoms with Crippen molar-refractivity contribution >= 4 is 11.7 Å². The van der Waals surface area contributed by atoms with E-state index in [0.717, 1.165) is 31.4 Å². The van der Waals surface area contributed by atoms with Crippen molar-refractivity contribution in [3.05, 3.63) is 11.6 Å². The van der Waals surface area contributed by atoms with Crippen molar-refractivity contribution < 1.29 is 9.59 Å².